The molecule has 1 aliphatic heterocycles. The molecule has 1 saturated heterocycles. The average molecular weight is 366 g/mol. The standard InChI is InChI=1S/C20H22N4OS/c25-20(14-17-2-4-19(5-3-17)24-8-1-7-21-24)23-11-9-22(10-12-23)15-18-6-13-26-16-18/h1-8,13,16H,9-12,14-15H2. The first-order valence-electron chi connectivity index (χ1n) is 8.88. The first kappa shape index (κ1) is 17.0. The van der Waals surface area contributed by atoms with Gasteiger partial charge >= 0.3 is 0 Å². The Morgan fingerprint density at radius 1 is 1.04 bits per heavy atom. The lowest BCUT2D eigenvalue weighted by atomic mass is 10.1. The number of hydrogen-bond acceptors (Lipinski definition) is 4. The summed E-state index contributed by atoms with van der Waals surface area (Å²) in [6, 6.07) is 12.1. The minimum Gasteiger partial charge on any atom is -0.340 e. The molecule has 0 radical (unpaired) electrons. The predicted molar refractivity (Wildman–Crippen MR) is 103 cm³/mol. The van der Waals surface area contributed by atoms with Crippen LogP contribution in [0.3, 0.4) is 0 Å². The van der Waals surface area contributed by atoms with Gasteiger partial charge in [0, 0.05) is 45.1 Å². The van der Waals surface area contributed by atoms with Crippen LogP contribution in [0.15, 0.2) is 59.6 Å². The SMILES string of the molecule is O=C(Cc1ccc(-n2cccn2)cc1)N1CCN(Cc2ccsc2)CC1. The monoisotopic (exact) mass is 366 g/mol. The van der Waals surface area contributed by atoms with E-state index < -0.39 is 0 Å². The summed E-state index contributed by atoms with van der Waals surface area (Å²) in [4.78, 5) is 17.0. The van der Waals surface area contributed by atoms with Crippen LogP contribution in [-0.2, 0) is 17.8 Å². The molecule has 3 heterocycles. The number of piperazine rings is 1. The molecule has 3 aromatic rings. The van der Waals surface area contributed by atoms with Crippen molar-refractivity contribution in [2.24, 2.45) is 0 Å². The van der Waals surface area contributed by atoms with Gasteiger partial charge in [0.15, 0.2) is 0 Å². The Kier molecular flexibility index (Phi) is 5.13. The molecule has 6 heteroatoms. The fourth-order valence-electron chi connectivity index (χ4n) is 3.27. The van der Waals surface area contributed by atoms with E-state index in [2.05, 4.69) is 26.8 Å². The Labute approximate surface area is 157 Å². The highest BCUT2D eigenvalue weighted by atomic mass is 32.1. The summed E-state index contributed by atoms with van der Waals surface area (Å²) in [5.41, 5.74) is 3.42. The van der Waals surface area contributed by atoms with Gasteiger partial charge in [-0.15, -0.1) is 0 Å². The summed E-state index contributed by atoms with van der Waals surface area (Å²) >= 11 is 1.74. The molecule has 5 nitrogen and oxygen atoms in total. The molecule has 1 aromatic carbocycles. The number of rotatable bonds is 5. The summed E-state index contributed by atoms with van der Waals surface area (Å²) in [6.45, 7) is 4.50. The van der Waals surface area contributed by atoms with Crippen molar-refractivity contribution in [2.45, 2.75) is 13.0 Å². The van der Waals surface area contributed by atoms with E-state index in [-0.39, 0.29) is 5.91 Å². The lowest BCUT2D eigenvalue weighted by molar-refractivity contribution is -0.132. The van der Waals surface area contributed by atoms with Crippen molar-refractivity contribution in [3.05, 3.63) is 70.7 Å². The van der Waals surface area contributed by atoms with Gasteiger partial charge < -0.3 is 4.90 Å². The molecule has 0 unspecified atom stereocenters. The second kappa shape index (κ2) is 7.85. The molecule has 4 rings (SSSR count). The van der Waals surface area contributed by atoms with E-state index >= 15 is 0 Å². The highest BCUT2D eigenvalue weighted by Gasteiger charge is 2.21. The smallest absolute Gasteiger partial charge is 0.227 e. The molecular formula is C20H22N4OS. The van der Waals surface area contributed by atoms with Crippen LogP contribution in [0.2, 0.25) is 0 Å². The summed E-state index contributed by atoms with van der Waals surface area (Å²) in [5, 5.41) is 8.54. The lowest BCUT2D eigenvalue weighted by Gasteiger charge is -2.34. The quantitative estimate of drug-likeness (QED) is 0.697. The van der Waals surface area contributed by atoms with Crippen molar-refractivity contribution in [3.8, 4) is 5.69 Å². The number of hydrogen-bond donors (Lipinski definition) is 0. The maximum absolute atomic E-state index is 12.6. The highest BCUT2D eigenvalue weighted by molar-refractivity contribution is 7.07. The molecule has 1 fully saturated rings. The van der Waals surface area contributed by atoms with Gasteiger partial charge in [-0.05, 0) is 46.2 Å². The first-order chi connectivity index (χ1) is 12.8. The first-order valence-corrected chi connectivity index (χ1v) is 9.82. The number of carbonyl (C=O) groups is 1. The van der Waals surface area contributed by atoms with Crippen molar-refractivity contribution in [1.29, 1.82) is 0 Å². The van der Waals surface area contributed by atoms with Gasteiger partial charge in [0.1, 0.15) is 0 Å². The molecular weight excluding hydrogens is 344 g/mol. The number of carbonyl (C=O) groups excluding carboxylic acids is 1. The van der Waals surface area contributed by atoms with Gasteiger partial charge in [0.25, 0.3) is 0 Å². The number of thiophene rings is 1. The van der Waals surface area contributed by atoms with Crippen LogP contribution in [0.25, 0.3) is 5.69 Å². The van der Waals surface area contributed by atoms with Crippen LogP contribution < -0.4 is 0 Å². The highest BCUT2D eigenvalue weighted by Crippen LogP contribution is 2.14. The van der Waals surface area contributed by atoms with Crippen molar-refractivity contribution in [3.63, 3.8) is 0 Å². The van der Waals surface area contributed by atoms with E-state index in [9.17, 15) is 4.79 Å². The van der Waals surface area contributed by atoms with Crippen molar-refractivity contribution >= 4 is 17.2 Å². The topological polar surface area (TPSA) is 41.4 Å². The van der Waals surface area contributed by atoms with Gasteiger partial charge in [-0.1, -0.05) is 12.1 Å². The average Bonchev–Trinajstić information content (AvgIpc) is 3.37. The molecule has 0 N–H and O–H groups in total. The normalized spacial score (nSPS) is 15.3. The van der Waals surface area contributed by atoms with Crippen molar-refractivity contribution in [1.82, 2.24) is 19.6 Å². The fraction of sp³-hybridized carbons (Fsp3) is 0.300. The third kappa shape index (κ3) is 4.03. The summed E-state index contributed by atoms with van der Waals surface area (Å²) in [5.74, 6) is 0.215. The zero-order chi connectivity index (χ0) is 17.8. The zero-order valence-electron chi connectivity index (χ0n) is 14.6. The van der Waals surface area contributed by atoms with Crippen molar-refractivity contribution < 1.29 is 4.79 Å². The lowest BCUT2D eigenvalue weighted by Crippen LogP contribution is -2.48. The Bertz CT molecular complexity index is 819. The Balaban J connectivity index is 1.28. The molecule has 134 valence electrons. The molecule has 2 aromatic heterocycles. The second-order valence-electron chi connectivity index (χ2n) is 6.58. The molecule has 1 amide bonds. The van der Waals surface area contributed by atoms with Crippen LogP contribution in [-0.4, -0.2) is 51.7 Å². The van der Waals surface area contributed by atoms with Crippen LogP contribution in [0.5, 0.6) is 0 Å². The zero-order valence-corrected chi connectivity index (χ0v) is 15.4. The maximum Gasteiger partial charge on any atom is 0.227 e. The van der Waals surface area contributed by atoms with Gasteiger partial charge in [-0.3, -0.25) is 9.69 Å². The van der Waals surface area contributed by atoms with Crippen LogP contribution >= 0.6 is 11.3 Å². The summed E-state index contributed by atoms with van der Waals surface area (Å²) in [7, 11) is 0. The third-order valence-corrected chi connectivity index (χ3v) is 5.50. The predicted octanol–water partition coefficient (Wildman–Crippen LogP) is 2.82. The molecule has 0 saturated carbocycles. The van der Waals surface area contributed by atoms with Gasteiger partial charge in [0.05, 0.1) is 12.1 Å². The van der Waals surface area contributed by atoms with E-state index in [0.29, 0.717) is 6.42 Å². The van der Waals surface area contributed by atoms with E-state index in [1.807, 2.05) is 46.1 Å². The summed E-state index contributed by atoms with van der Waals surface area (Å²) < 4.78 is 1.82. The molecule has 0 atom stereocenters. The number of benzene rings is 1. The van der Waals surface area contributed by atoms with E-state index in [1.165, 1.54) is 5.56 Å². The van der Waals surface area contributed by atoms with Gasteiger partial charge in [-0.2, -0.15) is 16.4 Å². The molecule has 0 aliphatic carbocycles. The Morgan fingerprint density at radius 2 is 1.85 bits per heavy atom. The Morgan fingerprint density at radius 3 is 2.50 bits per heavy atom. The molecule has 26 heavy (non-hydrogen) atoms. The van der Waals surface area contributed by atoms with Crippen LogP contribution in [0, 0.1) is 0 Å². The number of nitrogens with zero attached hydrogens (tertiary/aromatic N) is 4. The minimum absolute atomic E-state index is 0.215. The van der Waals surface area contributed by atoms with E-state index in [4.69, 9.17) is 0 Å². The molecule has 0 bridgehead atoms. The largest absolute Gasteiger partial charge is 0.340 e. The second-order valence-corrected chi connectivity index (χ2v) is 7.36. The minimum atomic E-state index is 0.215. The van der Waals surface area contributed by atoms with Crippen LogP contribution in [0.4, 0.5) is 0 Å². The fourth-order valence-corrected chi connectivity index (χ4v) is 3.93. The Hall–Kier alpha value is -2.44. The van der Waals surface area contributed by atoms with Crippen LogP contribution in [0.1, 0.15) is 11.1 Å². The molecule has 0 spiro atoms. The van der Waals surface area contributed by atoms with Gasteiger partial charge in [0.2, 0.25) is 5.91 Å². The number of aromatic nitrogens is 2. The maximum atomic E-state index is 12.6. The number of amides is 1. The summed E-state index contributed by atoms with van der Waals surface area (Å²) in [6.07, 6.45) is 4.13. The van der Waals surface area contributed by atoms with Crippen molar-refractivity contribution in [2.75, 3.05) is 26.2 Å². The van der Waals surface area contributed by atoms with Gasteiger partial charge in [-0.25, -0.2) is 4.68 Å². The molecule has 1 aliphatic rings. The third-order valence-electron chi connectivity index (χ3n) is 4.77. The van der Waals surface area contributed by atoms with E-state index in [1.54, 1.807) is 17.5 Å². The van der Waals surface area contributed by atoms with E-state index in [0.717, 1.165) is 44.0 Å².